The first-order chi connectivity index (χ1) is 17.0. The van der Waals surface area contributed by atoms with Gasteiger partial charge in [0, 0.05) is 57.6 Å². The first-order valence-electron chi connectivity index (χ1n) is 12.1. The highest BCUT2D eigenvalue weighted by Crippen LogP contribution is 2.36. The third-order valence-corrected chi connectivity index (χ3v) is 7.15. The van der Waals surface area contributed by atoms with Crippen molar-refractivity contribution < 1.29 is 14.4 Å². The van der Waals surface area contributed by atoms with Crippen LogP contribution in [0.4, 0.5) is 0 Å². The van der Waals surface area contributed by atoms with E-state index in [9.17, 15) is 14.4 Å². The monoisotopic (exact) mass is 491 g/mol. The molecule has 0 aliphatic rings. The third-order valence-electron chi connectivity index (χ3n) is 7.15. The minimum Gasteiger partial charge on any atom is -0.369 e. The summed E-state index contributed by atoms with van der Waals surface area (Å²) in [5.41, 5.74) is 7.46. The molecule has 3 N–H and O–H groups in total. The van der Waals surface area contributed by atoms with Crippen LogP contribution in [0.5, 0.6) is 0 Å². The fourth-order valence-corrected chi connectivity index (χ4v) is 4.71. The summed E-state index contributed by atoms with van der Waals surface area (Å²) in [6.45, 7) is 3.57. The van der Waals surface area contributed by atoms with Crippen LogP contribution in [0.3, 0.4) is 0 Å². The zero-order valence-corrected chi connectivity index (χ0v) is 22.0. The molecule has 0 saturated carbocycles. The van der Waals surface area contributed by atoms with Crippen molar-refractivity contribution in [1.82, 2.24) is 19.9 Å². The molecule has 0 radical (unpaired) electrons. The van der Waals surface area contributed by atoms with Gasteiger partial charge in [-0.1, -0.05) is 55.5 Å². The number of primary amides is 1. The summed E-state index contributed by atoms with van der Waals surface area (Å²) in [5, 5.41) is 4.08. The summed E-state index contributed by atoms with van der Waals surface area (Å²) in [6.07, 6.45) is 2.38. The van der Waals surface area contributed by atoms with E-state index < -0.39 is 23.3 Å². The molecule has 3 atom stereocenters. The molecule has 8 heteroatoms. The standard InChI is InChI=1S/C28H37N5O3/c1-19(17-28(2,27(29)36)22-18-30-23-15-11-10-14-21(22)23)25(34)32(5)24(26(35)33(6)31(3)4)16-20-12-8-7-9-13-20/h7-15,18-19,24,30H,16-17H2,1-6H3,(H2,29,36)/t19-,24-,28?/m1/s1. The van der Waals surface area contributed by atoms with Crippen molar-refractivity contribution in [3.05, 3.63) is 71.9 Å². The van der Waals surface area contributed by atoms with Crippen molar-refractivity contribution in [3.63, 3.8) is 0 Å². The van der Waals surface area contributed by atoms with E-state index in [2.05, 4.69) is 4.98 Å². The predicted molar refractivity (Wildman–Crippen MR) is 142 cm³/mol. The van der Waals surface area contributed by atoms with Crippen molar-refractivity contribution in [2.24, 2.45) is 11.7 Å². The molecule has 3 amide bonds. The number of nitrogens with one attached hydrogen (secondary N) is 1. The van der Waals surface area contributed by atoms with Gasteiger partial charge in [-0.15, -0.1) is 0 Å². The van der Waals surface area contributed by atoms with Crippen LogP contribution in [0.15, 0.2) is 60.8 Å². The van der Waals surface area contributed by atoms with Gasteiger partial charge in [-0.05, 0) is 30.5 Å². The molecule has 0 spiro atoms. The van der Waals surface area contributed by atoms with Crippen LogP contribution in [0, 0.1) is 5.92 Å². The molecule has 0 bridgehead atoms. The highest BCUT2D eigenvalue weighted by molar-refractivity contribution is 5.95. The number of carbonyl (C=O) groups is 3. The van der Waals surface area contributed by atoms with Crippen LogP contribution in [0.2, 0.25) is 0 Å². The molecule has 0 aliphatic carbocycles. The number of likely N-dealkylation sites (N-methyl/N-ethyl adjacent to an activating group) is 2. The van der Waals surface area contributed by atoms with Gasteiger partial charge in [0.1, 0.15) is 6.04 Å². The van der Waals surface area contributed by atoms with Gasteiger partial charge in [0.05, 0.1) is 5.41 Å². The quantitative estimate of drug-likeness (QED) is 0.426. The van der Waals surface area contributed by atoms with E-state index in [1.54, 1.807) is 53.2 Å². The third kappa shape index (κ3) is 5.44. The Morgan fingerprint density at radius 3 is 2.17 bits per heavy atom. The molecular formula is C28H37N5O3. The number of para-hydroxylation sites is 1. The maximum Gasteiger partial charge on any atom is 0.259 e. The molecule has 3 rings (SSSR count). The number of aromatic amines is 1. The number of nitrogens with zero attached hydrogens (tertiary/aromatic N) is 3. The number of benzene rings is 2. The molecule has 192 valence electrons. The largest absolute Gasteiger partial charge is 0.369 e. The molecule has 0 fully saturated rings. The lowest BCUT2D eigenvalue weighted by Crippen LogP contribution is -2.54. The van der Waals surface area contributed by atoms with Crippen LogP contribution in [-0.4, -0.2) is 71.9 Å². The molecular weight excluding hydrogens is 454 g/mol. The summed E-state index contributed by atoms with van der Waals surface area (Å²) >= 11 is 0. The first kappa shape index (κ1) is 26.9. The molecule has 1 unspecified atom stereocenters. The number of carbonyl (C=O) groups excluding carboxylic acids is 3. The zero-order valence-electron chi connectivity index (χ0n) is 22.0. The van der Waals surface area contributed by atoms with Gasteiger partial charge < -0.3 is 15.6 Å². The molecule has 2 aromatic carbocycles. The Balaban J connectivity index is 1.89. The van der Waals surface area contributed by atoms with Crippen molar-refractivity contribution >= 4 is 28.6 Å². The number of hydrogen-bond acceptors (Lipinski definition) is 4. The minimum atomic E-state index is -1.07. The SMILES string of the molecule is C[C@H](CC(C)(C(N)=O)c1c[nH]c2ccccc12)C(=O)N(C)[C@H](Cc1ccccc1)C(=O)N(C)N(C)C. The second kappa shape index (κ2) is 11.0. The fourth-order valence-electron chi connectivity index (χ4n) is 4.71. The second-order valence-corrected chi connectivity index (χ2v) is 9.91. The molecule has 3 aromatic rings. The van der Waals surface area contributed by atoms with Gasteiger partial charge in [-0.25, -0.2) is 5.01 Å². The predicted octanol–water partition coefficient (Wildman–Crippen LogP) is 2.94. The van der Waals surface area contributed by atoms with E-state index in [-0.39, 0.29) is 18.2 Å². The number of nitrogens with two attached hydrogens (primary N) is 1. The van der Waals surface area contributed by atoms with E-state index in [0.29, 0.717) is 6.42 Å². The van der Waals surface area contributed by atoms with E-state index in [0.717, 1.165) is 22.0 Å². The van der Waals surface area contributed by atoms with Crippen LogP contribution in [-0.2, 0) is 26.2 Å². The van der Waals surface area contributed by atoms with E-state index >= 15 is 0 Å². The summed E-state index contributed by atoms with van der Waals surface area (Å²) in [6, 6.07) is 16.6. The Hall–Kier alpha value is -3.65. The van der Waals surface area contributed by atoms with Gasteiger partial charge >= 0.3 is 0 Å². The maximum absolute atomic E-state index is 13.7. The van der Waals surface area contributed by atoms with E-state index in [1.807, 2.05) is 54.6 Å². The van der Waals surface area contributed by atoms with E-state index in [1.165, 1.54) is 9.91 Å². The first-order valence-corrected chi connectivity index (χ1v) is 12.1. The lowest BCUT2D eigenvalue weighted by atomic mass is 9.74. The van der Waals surface area contributed by atoms with Gasteiger partial charge in [0.15, 0.2) is 0 Å². The van der Waals surface area contributed by atoms with Crippen LogP contribution >= 0.6 is 0 Å². The molecule has 1 heterocycles. The van der Waals surface area contributed by atoms with Gasteiger partial charge in [0.25, 0.3) is 5.91 Å². The highest BCUT2D eigenvalue weighted by Gasteiger charge is 2.40. The molecule has 0 saturated heterocycles. The topological polar surface area (TPSA) is 103 Å². The summed E-state index contributed by atoms with van der Waals surface area (Å²) in [4.78, 5) is 44.5. The van der Waals surface area contributed by atoms with E-state index in [4.69, 9.17) is 5.73 Å². The lowest BCUT2D eigenvalue weighted by Gasteiger charge is -2.36. The number of aromatic nitrogens is 1. The van der Waals surface area contributed by atoms with Crippen molar-refractivity contribution in [1.29, 1.82) is 0 Å². The van der Waals surface area contributed by atoms with Gasteiger partial charge in [-0.3, -0.25) is 19.4 Å². The Bertz CT molecular complexity index is 1220. The van der Waals surface area contributed by atoms with Gasteiger partial charge in [-0.2, -0.15) is 0 Å². The Morgan fingerprint density at radius 1 is 0.944 bits per heavy atom. The number of amides is 3. The summed E-state index contributed by atoms with van der Waals surface area (Å²) < 4.78 is 0. The molecule has 36 heavy (non-hydrogen) atoms. The Labute approximate surface area is 213 Å². The average molecular weight is 492 g/mol. The smallest absolute Gasteiger partial charge is 0.259 e. The van der Waals surface area contributed by atoms with Crippen molar-refractivity contribution in [3.8, 4) is 0 Å². The van der Waals surface area contributed by atoms with Crippen LogP contribution < -0.4 is 5.73 Å². The van der Waals surface area contributed by atoms with Crippen molar-refractivity contribution in [2.45, 2.75) is 38.1 Å². The van der Waals surface area contributed by atoms with Gasteiger partial charge in [0.2, 0.25) is 11.8 Å². The zero-order chi connectivity index (χ0) is 26.6. The summed E-state index contributed by atoms with van der Waals surface area (Å²) in [7, 11) is 6.90. The molecule has 0 aliphatic heterocycles. The second-order valence-electron chi connectivity index (χ2n) is 9.91. The fraction of sp³-hybridized carbons (Fsp3) is 0.393. The molecule has 1 aromatic heterocycles. The number of hydrazine groups is 1. The van der Waals surface area contributed by atoms with Crippen LogP contribution in [0.1, 0.15) is 31.4 Å². The maximum atomic E-state index is 13.7. The molecule has 8 nitrogen and oxygen atoms in total. The Kier molecular flexibility index (Phi) is 8.20. The normalized spacial score (nSPS) is 14.8. The highest BCUT2D eigenvalue weighted by atomic mass is 16.2. The Morgan fingerprint density at radius 2 is 1.56 bits per heavy atom. The average Bonchev–Trinajstić information content (AvgIpc) is 3.30. The van der Waals surface area contributed by atoms with Crippen LogP contribution in [0.25, 0.3) is 10.9 Å². The number of fused-ring (bicyclic) bond motifs is 1. The summed E-state index contributed by atoms with van der Waals surface area (Å²) in [5.74, 6) is -1.47. The lowest BCUT2D eigenvalue weighted by molar-refractivity contribution is -0.153. The minimum absolute atomic E-state index is 0.193. The number of hydrogen-bond donors (Lipinski definition) is 2. The number of rotatable bonds is 10. The number of H-pyrrole nitrogens is 1. The van der Waals surface area contributed by atoms with Crippen molar-refractivity contribution in [2.75, 3.05) is 28.2 Å².